The summed E-state index contributed by atoms with van der Waals surface area (Å²) in [5, 5.41) is 16.8. The lowest BCUT2D eigenvalue weighted by molar-refractivity contribution is -0.385. The van der Waals surface area contributed by atoms with Crippen LogP contribution >= 0.6 is 0 Å². The number of H-pyrrole nitrogens is 1. The van der Waals surface area contributed by atoms with Gasteiger partial charge in [-0.1, -0.05) is 6.07 Å². The van der Waals surface area contributed by atoms with E-state index in [0.717, 1.165) is 6.07 Å². The van der Waals surface area contributed by atoms with E-state index < -0.39 is 14.9 Å². The fraction of sp³-hybridized carbons (Fsp3) is 0.100. The van der Waals surface area contributed by atoms with E-state index in [-0.39, 0.29) is 16.3 Å². The molecule has 0 aliphatic heterocycles. The zero-order valence-electron chi connectivity index (χ0n) is 9.82. The Bertz CT molecular complexity index is 709. The minimum atomic E-state index is -3.88. The van der Waals surface area contributed by atoms with Crippen LogP contribution in [0.5, 0.6) is 0 Å². The molecule has 0 aliphatic rings. The smallest absolute Gasteiger partial charge is 0.270 e. The molecule has 0 bridgehead atoms. The van der Waals surface area contributed by atoms with Crippen LogP contribution in [0.25, 0.3) is 0 Å². The van der Waals surface area contributed by atoms with Crippen LogP contribution < -0.4 is 4.72 Å². The third-order valence-electron chi connectivity index (χ3n) is 2.42. The van der Waals surface area contributed by atoms with Gasteiger partial charge in [-0.2, -0.15) is 5.10 Å². The fourth-order valence-electron chi connectivity index (χ4n) is 1.51. The molecule has 0 atom stereocenters. The third kappa shape index (κ3) is 2.71. The largest absolute Gasteiger partial charge is 0.284 e. The van der Waals surface area contributed by atoms with Crippen LogP contribution in [0.15, 0.2) is 35.5 Å². The molecule has 0 amide bonds. The molecule has 1 aromatic heterocycles. The number of sulfonamides is 1. The van der Waals surface area contributed by atoms with E-state index in [9.17, 15) is 18.5 Å². The Hall–Kier alpha value is -2.42. The second-order valence-corrected chi connectivity index (χ2v) is 5.45. The maximum absolute atomic E-state index is 12.1. The number of nitrogens with one attached hydrogen (secondary N) is 2. The Labute approximate surface area is 108 Å². The first-order chi connectivity index (χ1) is 8.90. The summed E-state index contributed by atoms with van der Waals surface area (Å²) < 4.78 is 26.5. The third-order valence-corrected chi connectivity index (χ3v) is 3.95. The SMILES string of the molecule is Cc1ccc([N+](=O)[O-])cc1S(=O)(=O)Nc1cn[nH]c1. The predicted molar refractivity (Wildman–Crippen MR) is 67.2 cm³/mol. The topological polar surface area (TPSA) is 118 Å². The van der Waals surface area contributed by atoms with Crippen LogP contribution in [0.2, 0.25) is 0 Å². The molecule has 0 radical (unpaired) electrons. The lowest BCUT2D eigenvalue weighted by Crippen LogP contribution is -2.14. The van der Waals surface area contributed by atoms with Gasteiger partial charge < -0.3 is 0 Å². The number of hydrogen-bond acceptors (Lipinski definition) is 5. The van der Waals surface area contributed by atoms with E-state index in [1.54, 1.807) is 6.92 Å². The molecule has 0 saturated carbocycles. The van der Waals surface area contributed by atoms with E-state index in [0.29, 0.717) is 5.56 Å². The van der Waals surface area contributed by atoms with E-state index in [1.165, 1.54) is 24.5 Å². The molecule has 100 valence electrons. The van der Waals surface area contributed by atoms with Gasteiger partial charge in [0.05, 0.1) is 21.7 Å². The van der Waals surface area contributed by atoms with Crippen LogP contribution in [0.3, 0.4) is 0 Å². The Balaban J connectivity index is 2.45. The first-order valence-corrected chi connectivity index (χ1v) is 6.65. The Kier molecular flexibility index (Phi) is 3.21. The normalized spacial score (nSPS) is 11.2. The molecule has 19 heavy (non-hydrogen) atoms. The van der Waals surface area contributed by atoms with Crippen LogP contribution in [-0.2, 0) is 10.0 Å². The van der Waals surface area contributed by atoms with Crippen molar-refractivity contribution in [3.05, 3.63) is 46.3 Å². The van der Waals surface area contributed by atoms with Crippen LogP contribution in [-0.4, -0.2) is 23.5 Å². The first-order valence-electron chi connectivity index (χ1n) is 5.17. The van der Waals surface area contributed by atoms with Crippen molar-refractivity contribution in [2.75, 3.05) is 4.72 Å². The average molecular weight is 282 g/mol. The molecule has 0 fully saturated rings. The van der Waals surface area contributed by atoms with Crippen molar-refractivity contribution < 1.29 is 13.3 Å². The number of rotatable bonds is 4. The minimum Gasteiger partial charge on any atom is -0.284 e. The van der Waals surface area contributed by atoms with Crippen molar-refractivity contribution in [1.29, 1.82) is 0 Å². The van der Waals surface area contributed by atoms with E-state index >= 15 is 0 Å². The van der Waals surface area contributed by atoms with Crippen LogP contribution in [0.1, 0.15) is 5.56 Å². The van der Waals surface area contributed by atoms with Crippen molar-refractivity contribution in [1.82, 2.24) is 10.2 Å². The fourth-order valence-corrected chi connectivity index (χ4v) is 2.81. The lowest BCUT2D eigenvalue weighted by Gasteiger charge is -2.08. The predicted octanol–water partition coefficient (Wildman–Crippen LogP) is 1.43. The summed E-state index contributed by atoms with van der Waals surface area (Å²) in [5.41, 5.74) is 0.394. The van der Waals surface area contributed by atoms with Crippen molar-refractivity contribution in [2.24, 2.45) is 0 Å². The van der Waals surface area contributed by atoms with Gasteiger partial charge in [-0.05, 0) is 12.5 Å². The standard InChI is InChI=1S/C10H10N4O4S/c1-7-2-3-9(14(15)16)4-10(7)19(17,18)13-8-5-11-12-6-8/h2-6,13H,1H3,(H,11,12). The Morgan fingerprint density at radius 1 is 1.42 bits per heavy atom. The molecule has 0 unspecified atom stereocenters. The molecule has 2 aromatic rings. The first kappa shape index (κ1) is 13.0. The van der Waals surface area contributed by atoms with Crippen LogP contribution in [0, 0.1) is 17.0 Å². The summed E-state index contributed by atoms with van der Waals surface area (Å²) in [6, 6.07) is 3.67. The van der Waals surface area contributed by atoms with Crippen LogP contribution in [0.4, 0.5) is 11.4 Å². The molecule has 9 heteroatoms. The minimum absolute atomic E-state index is 0.136. The van der Waals surface area contributed by atoms with Gasteiger partial charge in [0.1, 0.15) is 0 Å². The van der Waals surface area contributed by atoms with Gasteiger partial charge in [0.25, 0.3) is 15.7 Å². The highest BCUT2D eigenvalue weighted by molar-refractivity contribution is 7.92. The van der Waals surface area contributed by atoms with Crippen molar-refractivity contribution in [3.8, 4) is 0 Å². The number of nitrogens with zero attached hydrogens (tertiary/aromatic N) is 2. The number of aromatic amines is 1. The molecule has 2 rings (SSSR count). The summed E-state index contributed by atoms with van der Waals surface area (Å²) in [5.74, 6) is 0. The number of aromatic nitrogens is 2. The van der Waals surface area contributed by atoms with Gasteiger partial charge in [0, 0.05) is 18.3 Å². The monoisotopic (exact) mass is 282 g/mol. The summed E-state index contributed by atoms with van der Waals surface area (Å²) in [6.45, 7) is 1.56. The molecule has 0 aliphatic carbocycles. The quantitative estimate of drug-likeness (QED) is 0.649. The lowest BCUT2D eigenvalue weighted by atomic mass is 10.2. The molecule has 2 N–H and O–H groups in total. The molecular formula is C10H10N4O4S. The Morgan fingerprint density at radius 3 is 2.74 bits per heavy atom. The van der Waals surface area contributed by atoms with E-state index in [1.807, 2.05) is 0 Å². The van der Waals surface area contributed by atoms with Crippen molar-refractivity contribution >= 4 is 21.4 Å². The zero-order valence-corrected chi connectivity index (χ0v) is 10.6. The maximum Gasteiger partial charge on any atom is 0.270 e. The molecule has 1 heterocycles. The summed E-state index contributed by atoms with van der Waals surface area (Å²) >= 11 is 0. The number of hydrogen-bond donors (Lipinski definition) is 2. The van der Waals surface area contributed by atoms with Gasteiger partial charge in [-0.25, -0.2) is 8.42 Å². The second kappa shape index (κ2) is 4.69. The summed E-state index contributed by atoms with van der Waals surface area (Å²) in [6.07, 6.45) is 2.66. The Morgan fingerprint density at radius 2 is 2.16 bits per heavy atom. The number of nitro benzene ring substituents is 1. The second-order valence-electron chi connectivity index (χ2n) is 3.80. The molecule has 8 nitrogen and oxygen atoms in total. The molecule has 1 aromatic carbocycles. The molecule has 0 saturated heterocycles. The van der Waals surface area contributed by atoms with Gasteiger partial charge in [-0.3, -0.25) is 19.9 Å². The average Bonchev–Trinajstić information content (AvgIpc) is 2.81. The number of non-ortho nitro benzene ring substituents is 1. The maximum atomic E-state index is 12.1. The van der Waals surface area contributed by atoms with E-state index in [4.69, 9.17) is 0 Å². The highest BCUT2D eigenvalue weighted by atomic mass is 32.2. The number of benzene rings is 1. The van der Waals surface area contributed by atoms with Crippen molar-refractivity contribution in [2.45, 2.75) is 11.8 Å². The number of anilines is 1. The zero-order chi connectivity index (χ0) is 14.0. The van der Waals surface area contributed by atoms with Gasteiger partial charge >= 0.3 is 0 Å². The summed E-state index contributed by atoms with van der Waals surface area (Å²) in [7, 11) is -3.88. The van der Waals surface area contributed by atoms with Crippen molar-refractivity contribution in [3.63, 3.8) is 0 Å². The van der Waals surface area contributed by atoms with Gasteiger partial charge in [0.2, 0.25) is 0 Å². The summed E-state index contributed by atoms with van der Waals surface area (Å²) in [4.78, 5) is 9.90. The highest BCUT2D eigenvalue weighted by Crippen LogP contribution is 2.23. The highest BCUT2D eigenvalue weighted by Gasteiger charge is 2.20. The van der Waals surface area contributed by atoms with E-state index in [2.05, 4.69) is 14.9 Å². The molecular weight excluding hydrogens is 272 g/mol. The van der Waals surface area contributed by atoms with Gasteiger partial charge in [-0.15, -0.1) is 0 Å². The number of nitro groups is 1. The van der Waals surface area contributed by atoms with Gasteiger partial charge in [0.15, 0.2) is 0 Å². The number of aryl methyl sites for hydroxylation is 1. The molecule has 0 spiro atoms.